The first-order chi connectivity index (χ1) is 14.5. The number of ether oxygens (including phenoxy) is 2. The third-order valence-corrected chi connectivity index (χ3v) is 4.94. The molecule has 3 aromatic rings. The number of para-hydroxylation sites is 1. The molecule has 0 fully saturated rings. The zero-order valence-corrected chi connectivity index (χ0v) is 17.0. The van der Waals surface area contributed by atoms with Gasteiger partial charge in [0.25, 0.3) is 5.56 Å². The largest absolute Gasteiger partial charge is 0.486 e. The second-order valence-electron chi connectivity index (χ2n) is 7.39. The first kappa shape index (κ1) is 19.9. The quantitative estimate of drug-likeness (QED) is 0.648. The summed E-state index contributed by atoms with van der Waals surface area (Å²) in [4.78, 5) is 33.8. The lowest BCUT2D eigenvalue weighted by molar-refractivity contribution is -0.122. The standard InChI is InChI=1S/C22H24N4O4/c1-14(15-7-8-18-19(11-15)30-10-9-29-18)23-21(27)13-26(2)12-20-24-17-6-4-3-5-16(17)22(28)25-20/h3-8,11,14H,9-10,12-13H2,1-2H3,(H,23,27)(H,24,25,28). The molecule has 0 spiro atoms. The van der Waals surface area contributed by atoms with E-state index in [0.717, 1.165) is 11.3 Å². The Kier molecular flexibility index (Phi) is 5.67. The maximum atomic E-state index is 12.5. The number of fused-ring (bicyclic) bond motifs is 2. The fourth-order valence-corrected chi connectivity index (χ4v) is 3.47. The molecule has 1 atom stereocenters. The summed E-state index contributed by atoms with van der Waals surface area (Å²) in [5.74, 6) is 1.82. The molecule has 0 bridgehead atoms. The van der Waals surface area contributed by atoms with E-state index in [9.17, 15) is 9.59 Å². The van der Waals surface area contributed by atoms with Crippen LogP contribution in [-0.4, -0.2) is 47.6 Å². The normalized spacial score (nSPS) is 14.0. The summed E-state index contributed by atoms with van der Waals surface area (Å²) in [6.45, 7) is 3.51. The van der Waals surface area contributed by atoms with Gasteiger partial charge in [-0.25, -0.2) is 4.98 Å². The number of carbonyl (C=O) groups excluding carboxylic acids is 1. The Bertz CT molecular complexity index is 1130. The summed E-state index contributed by atoms with van der Waals surface area (Å²) in [7, 11) is 1.81. The van der Waals surface area contributed by atoms with E-state index in [0.29, 0.717) is 42.2 Å². The summed E-state index contributed by atoms with van der Waals surface area (Å²) < 4.78 is 11.1. The number of benzene rings is 2. The van der Waals surface area contributed by atoms with Crippen LogP contribution in [-0.2, 0) is 11.3 Å². The molecule has 1 aromatic heterocycles. The van der Waals surface area contributed by atoms with Crippen LogP contribution in [0.15, 0.2) is 47.3 Å². The molecule has 1 amide bonds. The zero-order chi connectivity index (χ0) is 21.1. The minimum atomic E-state index is -0.180. The Balaban J connectivity index is 1.36. The number of likely N-dealkylation sites (N-methyl/N-ethyl adjacent to an activating group) is 1. The number of aromatic amines is 1. The number of aromatic nitrogens is 2. The molecule has 4 rings (SSSR count). The molecule has 8 heteroatoms. The number of carbonyl (C=O) groups is 1. The van der Waals surface area contributed by atoms with Crippen molar-refractivity contribution in [2.45, 2.75) is 19.5 Å². The van der Waals surface area contributed by atoms with Crippen LogP contribution in [0, 0.1) is 0 Å². The van der Waals surface area contributed by atoms with Gasteiger partial charge in [-0.05, 0) is 43.8 Å². The van der Waals surface area contributed by atoms with Crippen molar-refractivity contribution < 1.29 is 14.3 Å². The molecule has 1 aliphatic heterocycles. The van der Waals surface area contributed by atoms with Gasteiger partial charge in [0.1, 0.15) is 19.0 Å². The number of nitrogens with one attached hydrogen (secondary N) is 2. The van der Waals surface area contributed by atoms with Gasteiger partial charge >= 0.3 is 0 Å². The molecule has 0 saturated carbocycles. The van der Waals surface area contributed by atoms with Crippen molar-refractivity contribution in [3.8, 4) is 11.5 Å². The summed E-state index contributed by atoms with van der Waals surface area (Å²) in [5.41, 5.74) is 1.40. The Morgan fingerprint density at radius 2 is 1.97 bits per heavy atom. The smallest absolute Gasteiger partial charge is 0.258 e. The summed E-state index contributed by atoms with van der Waals surface area (Å²) >= 11 is 0. The van der Waals surface area contributed by atoms with E-state index >= 15 is 0 Å². The van der Waals surface area contributed by atoms with E-state index < -0.39 is 0 Å². The molecule has 156 valence electrons. The van der Waals surface area contributed by atoms with Crippen LogP contribution in [0.25, 0.3) is 10.9 Å². The van der Waals surface area contributed by atoms with Crippen LogP contribution < -0.4 is 20.3 Å². The molecule has 30 heavy (non-hydrogen) atoms. The average Bonchev–Trinajstić information content (AvgIpc) is 2.73. The highest BCUT2D eigenvalue weighted by Gasteiger charge is 2.17. The summed E-state index contributed by atoms with van der Waals surface area (Å²) in [6, 6.07) is 12.7. The molecule has 2 aromatic carbocycles. The lowest BCUT2D eigenvalue weighted by Crippen LogP contribution is -2.36. The van der Waals surface area contributed by atoms with Gasteiger partial charge < -0.3 is 19.8 Å². The lowest BCUT2D eigenvalue weighted by atomic mass is 10.1. The van der Waals surface area contributed by atoms with Crippen LogP contribution in [0.1, 0.15) is 24.4 Å². The molecule has 2 heterocycles. The van der Waals surface area contributed by atoms with Crippen molar-refractivity contribution in [2.24, 2.45) is 0 Å². The van der Waals surface area contributed by atoms with E-state index in [1.807, 2.05) is 38.2 Å². The van der Waals surface area contributed by atoms with E-state index in [-0.39, 0.29) is 24.1 Å². The van der Waals surface area contributed by atoms with E-state index in [2.05, 4.69) is 15.3 Å². The molecule has 1 aliphatic rings. The van der Waals surface area contributed by atoms with Crippen molar-refractivity contribution in [3.05, 3.63) is 64.2 Å². The molecule has 0 radical (unpaired) electrons. The van der Waals surface area contributed by atoms with Gasteiger partial charge in [0.15, 0.2) is 11.5 Å². The second kappa shape index (κ2) is 8.54. The first-order valence-corrected chi connectivity index (χ1v) is 9.85. The van der Waals surface area contributed by atoms with Crippen LogP contribution in [0.2, 0.25) is 0 Å². The molecular weight excluding hydrogens is 384 g/mol. The Hall–Kier alpha value is -3.39. The Morgan fingerprint density at radius 3 is 2.80 bits per heavy atom. The third-order valence-electron chi connectivity index (χ3n) is 4.94. The van der Waals surface area contributed by atoms with E-state index in [1.165, 1.54) is 0 Å². The highest BCUT2D eigenvalue weighted by Crippen LogP contribution is 2.32. The van der Waals surface area contributed by atoms with Gasteiger partial charge in [-0.15, -0.1) is 0 Å². The van der Waals surface area contributed by atoms with Crippen molar-refractivity contribution >= 4 is 16.8 Å². The Labute approximate surface area is 173 Å². The highest BCUT2D eigenvalue weighted by atomic mass is 16.6. The number of hydrogen-bond acceptors (Lipinski definition) is 6. The molecule has 0 aliphatic carbocycles. The van der Waals surface area contributed by atoms with Gasteiger partial charge in [0, 0.05) is 0 Å². The molecule has 8 nitrogen and oxygen atoms in total. The summed E-state index contributed by atoms with van der Waals surface area (Å²) in [5, 5.41) is 3.54. The molecule has 0 saturated heterocycles. The van der Waals surface area contributed by atoms with Crippen LogP contribution in [0.5, 0.6) is 11.5 Å². The third kappa shape index (κ3) is 4.44. The van der Waals surface area contributed by atoms with Crippen LogP contribution in [0.4, 0.5) is 0 Å². The van der Waals surface area contributed by atoms with Gasteiger partial charge in [-0.2, -0.15) is 0 Å². The predicted molar refractivity (Wildman–Crippen MR) is 113 cm³/mol. The number of rotatable bonds is 6. The Morgan fingerprint density at radius 1 is 1.20 bits per heavy atom. The highest BCUT2D eigenvalue weighted by molar-refractivity contribution is 5.78. The maximum absolute atomic E-state index is 12.5. The van der Waals surface area contributed by atoms with E-state index in [1.54, 1.807) is 23.1 Å². The monoisotopic (exact) mass is 408 g/mol. The summed E-state index contributed by atoms with van der Waals surface area (Å²) in [6.07, 6.45) is 0. The molecule has 1 unspecified atom stereocenters. The minimum Gasteiger partial charge on any atom is -0.486 e. The lowest BCUT2D eigenvalue weighted by Gasteiger charge is -2.22. The fraction of sp³-hybridized carbons (Fsp3) is 0.318. The van der Waals surface area contributed by atoms with Gasteiger partial charge in [-0.3, -0.25) is 14.5 Å². The molecular formula is C22H24N4O4. The predicted octanol–water partition coefficient (Wildman–Crippen LogP) is 2.00. The van der Waals surface area contributed by atoms with Gasteiger partial charge in [-0.1, -0.05) is 18.2 Å². The number of H-pyrrole nitrogens is 1. The number of hydrogen-bond donors (Lipinski definition) is 2. The van der Waals surface area contributed by atoms with Crippen molar-refractivity contribution in [2.75, 3.05) is 26.8 Å². The fourth-order valence-electron chi connectivity index (χ4n) is 3.47. The molecule has 2 N–H and O–H groups in total. The minimum absolute atomic E-state index is 0.122. The van der Waals surface area contributed by atoms with Gasteiger partial charge in [0.2, 0.25) is 5.91 Å². The zero-order valence-electron chi connectivity index (χ0n) is 17.0. The first-order valence-electron chi connectivity index (χ1n) is 9.85. The topological polar surface area (TPSA) is 96.6 Å². The SMILES string of the molecule is CC(NC(=O)CN(C)Cc1nc2ccccc2c(=O)[nH]1)c1ccc2c(c1)OCCO2. The van der Waals surface area contributed by atoms with Gasteiger partial charge in [0.05, 0.1) is 30.0 Å². The van der Waals surface area contributed by atoms with E-state index in [4.69, 9.17) is 9.47 Å². The second-order valence-corrected chi connectivity index (χ2v) is 7.39. The van der Waals surface area contributed by atoms with Crippen molar-refractivity contribution in [1.82, 2.24) is 20.2 Å². The number of nitrogens with zero attached hydrogens (tertiary/aromatic N) is 2. The average molecular weight is 408 g/mol. The van der Waals surface area contributed by atoms with Crippen molar-refractivity contribution in [3.63, 3.8) is 0 Å². The van der Waals surface area contributed by atoms with Crippen molar-refractivity contribution in [1.29, 1.82) is 0 Å². The van der Waals surface area contributed by atoms with Crippen LogP contribution >= 0.6 is 0 Å². The van der Waals surface area contributed by atoms with Crippen LogP contribution in [0.3, 0.4) is 0 Å². The number of amides is 1. The maximum Gasteiger partial charge on any atom is 0.258 e.